The second-order valence-corrected chi connectivity index (χ2v) is 4.72. The molecule has 0 heterocycles. The summed E-state index contributed by atoms with van der Waals surface area (Å²) in [5, 5.41) is 3.42. The number of hydrogen-bond acceptors (Lipinski definition) is 3. The van der Waals surface area contributed by atoms with Gasteiger partial charge in [0.25, 0.3) is 0 Å². The van der Waals surface area contributed by atoms with Gasteiger partial charge in [0.15, 0.2) is 0 Å². The maximum absolute atomic E-state index is 11.6. The van der Waals surface area contributed by atoms with Crippen molar-refractivity contribution in [2.45, 2.75) is 45.7 Å². The molecule has 1 aromatic rings. The van der Waals surface area contributed by atoms with E-state index in [1.807, 2.05) is 25.1 Å². The van der Waals surface area contributed by atoms with Crippen molar-refractivity contribution < 1.29 is 9.53 Å². The molecule has 0 bridgehead atoms. The molecule has 3 nitrogen and oxygen atoms in total. The average Bonchev–Trinajstić information content (AvgIpc) is 2.29. The van der Waals surface area contributed by atoms with Crippen LogP contribution in [-0.2, 0) is 16.0 Å². The van der Waals surface area contributed by atoms with Crippen LogP contribution in [0.2, 0.25) is 0 Å². The number of hydrogen-bond donors (Lipinski definition) is 1. The third kappa shape index (κ3) is 5.82. The van der Waals surface area contributed by atoms with E-state index in [0.717, 1.165) is 6.42 Å². The van der Waals surface area contributed by atoms with E-state index >= 15 is 0 Å². The van der Waals surface area contributed by atoms with Gasteiger partial charge in [-0.1, -0.05) is 44.2 Å². The lowest BCUT2D eigenvalue weighted by Gasteiger charge is -2.20. The first-order chi connectivity index (χ1) is 8.61. The van der Waals surface area contributed by atoms with E-state index in [2.05, 4.69) is 31.3 Å². The zero-order valence-electron chi connectivity index (χ0n) is 11.5. The van der Waals surface area contributed by atoms with Crippen molar-refractivity contribution in [3.8, 4) is 0 Å². The highest BCUT2D eigenvalue weighted by atomic mass is 16.5. The molecule has 0 spiro atoms. The van der Waals surface area contributed by atoms with Crippen LogP contribution in [0.4, 0.5) is 0 Å². The van der Waals surface area contributed by atoms with E-state index in [0.29, 0.717) is 19.1 Å². The first-order valence-corrected chi connectivity index (χ1v) is 6.57. The molecule has 100 valence electrons. The van der Waals surface area contributed by atoms with Gasteiger partial charge in [0.2, 0.25) is 0 Å². The lowest BCUT2D eigenvalue weighted by atomic mass is 10.0. The van der Waals surface area contributed by atoms with E-state index in [9.17, 15) is 4.79 Å². The van der Waals surface area contributed by atoms with Gasteiger partial charge in [0.05, 0.1) is 13.0 Å². The molecule has 1 unspecified atom stereocenters. The van der Waals surface area contributed by atoms with Gasteiger partial charge < -0.3 is 10.1 Å². The fourth-order valence-electron chi connectivity index (χ4n) is 1.98. The van der Waals surface area contributed by atoms with Gasteiger partial charge in [-0.3, -0.25) is 4.79 Å². The Balaban J connectivity index is 2.58. The van der Waals surface area contributed by atoms with Gasteiger partial charge in [0, 0.05) is 12.1 Å². The summed E-state index contributed by atoms with van der Waals surface area (Å²) in [7, 11) is 0. The number of nitrogens with one attached hydrogen (secondary N) is 1. The smallest absolute Gasteiger partial charge is 0.307 e. The second kappa shape index (κ2) is 7.88. The van der Waals surface area contributed by atoms with Crippen molar-refractivity contribution in [1.82, 2.24) is 5.32 Å². The van der Waals surface area contributed by atoms with Crippen LogP contribution in [0.3, 0.4) is 0 Å². The van der Waals surface area contributed by atoms with Gasteiger partial charge in [-0.25, -0.2) is 0 Å². The Labute approximate surface area is 110 Å². The third-order valence-electron chi connectivity index (χ3n) is 2.61. The van der Waals surface area contributed by atoms with Gasteiger partial charge in [-0.05, 0) is 18.9 Å². The highest BCUT2D eigenvalue weighted by Gasteiger charge is 2.15. The van der Waals surface area contributed by atoms with Crippen LogP contribution in [0.15, 0.2) is 30.3 Å². The fourth-order valence-corrected chi connectivity index (χ4v) is 1.98. The van der Waals surface area contributed by atoms with Crippen molar-refractivity contribution in [3.63, 3.8) is 0 Å². The van der Waals surface area contributed by atoms with E-state index < -0.39 is 0 Å². The highest BCUT2D eigenvalue weighted by Crippen LogP contribution is 2.07. The quantitative estimate of drug-likeness (QED) is 0.755. The monoisotopic (exact) mass is 249 g/mol. The predicted octanol–water partition coefficient (Wildman–Crippen LogP) is 2.55. The first kappa shape index (κ1) is 14.7. The molecule has 3 heteroatoms. The van der Waals surface area contributed by atoms with Crippen LogP contribution < -0.4 is 5.32 Å². The van der Waals surface area contributed by atoms with Gasteiger partial charge in [-0.2, -0.15) is 0 Å². The molecular formula is C15H23NO2. The molecule has 1 aromatic carbocycles. The lowest BCUT2D eigenvalue weighted by molar-refractivity contribution is -0.143. The summed E-state index contributed by atoms with van der Waals surface area (Å²) >= 11 is 0. The minimum atomic E-state index is -0.133. The molecule has 1 rings (SSSR count). The Bertz CT molecular complexity index is 349. The largest absolute Gasteiger partial charge is 0.466 e. The van der Waals surface area contributed by atoms with Crippen LogP contribution in [-0.4, -0.2) is 24.7 Å². The number of carbonyl (C=O) groups excluding carboxylic acids is 1. The van der Waals surface area contributed by atoms with Crippen molar-refractivity contribution in [1.29, 1.82) is 0 Å². The Morgan fingerprint density at radius 1 is 1.28 bits per heavy atom. The zero-order valence-corrected chi connectivity index (χ0v) is 11.5. The predicted molar refractivity (Wildman–Crippen MR) is 73.5 cm³/mol. The van der Waals surface area contributed by atoms with E-state index in [1.54, 1.807) is 0 Å². The topological polar surface area (TPSA) is 38.3 Å². The SMILES string of the molecule is CCOC(=O)CC(Cc1ccccc1)NC(C)C. The Morgan fingerprint density at radius 2 is 1.94 bits per heavy atom. The standard InChI is InChI=1S/C15H23NO2/c1-4-18-15(17)11-14(16-12(2)3)10-13-8-6-5-7-9-13/h5-9,12,14,16H,4,10-11H2,1-3H3. The second-order valence-electron chi connectivity index (χ2n) is 4.72. The van der Waals surface area contributed by atoms with Crippen LogP contribution in [0.25, 0.3) is 0 Å². The van der Waals surface area contributed by atoms with E-state index in [1.165, 1.54) is 5.56 Å². The molecule has 0 aromatic heterocycles. The van der Waals surface area contributed by atoms with Crippen molar-refractivity contribution in [2.75, 3.05) is 6.61 Å². The summed E-state index contributed by atoms with van der Waals surface area (Å²) in [5.41, 5.74) is 1.24. The minimum absolute atomic E-state index is 0.131. The Hall–Kier alpha value is -1.35. The number of rotatable bonds is 7. The summed E-state index contributed by atoms with van der Waals surface area (Å²) in [4.78, 5) is 11.6. The van der Waals surface area contributed by atoms with Gasteiger partial charge >= 0.3 is 5.97 Å². The van der Waals surface area contributed by atoms with Crippen molar-refractivity contribution in [3.05, 3.63) is 35.9 Å². The molecule has 1 atom stereocenters. The fraction of sp³-hybridized carbons (Fsp3) is 0.533. The summed E-state index contributed by atoms with van der Waals surface area (Å²) in [6, 6.07) is 10.7. The summed E-state index contributed by atoms with van der Waals surface area (Å²) in [6.45, 7) is 6.45. The molecular weight excluding hydrogens is 226 g/mol. The molecule has 0 aliphatic rings. The molecule has 0 aliphatic heterocycles. The van der Waals surface area contributed by atoms with E-state index in [-0.39, 0.29) is 12.0 Å². The van der Waals surface area contributed by atoms with Crippen LogP contribution in [0.1, 0.15) is 32.8 Å². The molecule has 0 saturated carbocycles. The Kier molecular flexibility index (Phi) is 6.44. The van der Waals surface area contributed by atoms with Crippen molar-refractivity contribution >= 4 is 5.97 Å². The first-order valence-electron chi connectivity index (χ1n) is 6.57. The zero-order chi connectivity index (χ0) is 13.4. The van der Waals surface area contributed by atoms with Crippen LogP contribution in [0.5, 0.6) is 0 Å². The number of esters is 1. The molecule has 0 amide bonds. The summed E-state index contributed by atoms with van der Waals surface area (Å²) in [5.74, 6) is -0.133. The normalized spacial score (nSPS) is 12.4. The highest BCUT2D eigenvalue weighted by molar-refractivity contribution is 5.70. The number of benzene rings is 1. The van der Waals surface area contributed by atoms with Crippen LogP contribution in [0, 0.1) is 0 Å². The summed E-state index contributed by atoms with van der Waals surface area (Å²) < 4.78 is 5.01. The number of carbonyl (C=O) groups is 1. The van der Waals surface area contributed by atoms with Crippen LogP contribution >= 0.6 is 0 Å². The minimum Gasteiger partial charge on any atom is -0.466 e. The molecule has 18 heavy (non-hydrogen) atoms. The average molecular weight is 249 g/mol. The van der Waals surface area contributed by atoms with Crippen molar-refractivity contribution in [2.24, 2.45) is 0 Å². The van der Waals surface area contributed by atoms with Gasteiger partial charge in [-0.15, -0.1) is 0 Å². The third-order valence-corrected chi connectivity index (χ3v) is 2.61. The maximum Gasteiger partial charge on any atom is 0.307 e. The maximum atomic E-state index is 11.6. The molecule has 0 fully saturated rings. The molecule has 0 aliphatic carbocycles. The Morgan fingerprint density at radius 3 is 2.50 bits per heavy atom. The molecule has 1 N–H and O–H groups in total. The summed E-state index contributed by atoms with van der Waals surface area (Å²) in [6.07, 6.45) is 1.26. The number of ether oxygens (including phenoxy) is 1. The molecule has 0 radical (unpaired) electrons. The van der Waals surface area contributed by atoms with Gasteiger partial charge in [0.1, 0.15) is 0 Å². The lowest BCUT2D eigenvalue weighted by Crippen LogP contribution is -2.38. The van der Waals surface area contributed by atoms with E-state index in [4.69, 9.17) is 4.74 Å². The molecule has 0 saturated heterocycles.